The van der Waals surface area contributed by atoms with Crippen LogP contribution in [0, 0.1) is 34.8 Å². The summed E-state index contributed by atoms with van der Waals surface area (Å²) >= 11 is 0. The summed E-state index contributed by atoms with van der Waals surface area (Å²) in [6.45, 7) is 13.5. The number of anilines is 1. The van der Waals surface area contributed by atoms with Crippen molar-refractivity contribution in [2.75, 3.05) is 37.6 Å². The molecule has 4 rings (SSSR count). The molecule has 2 fully saturated rings. The number of carboxylic acid groups (broad SMARTS) is 2. The second-order valence-electron chi connectivity index (χ2n) is 12.0. The van der Waals surface area contributed by atoms with Crippen LogP contribution in [0.3, 0.4) is 0 Å². The van der Waals surface area contributed by atoms with Gasteiger partial charge in [-0.1, -0.05) is 30.3 Å². The summed E-state index contributed by atoms with van der Waals surface area (Å²) in [4.78, 5) is 41.9. The number of piperazine rings is 1. The number of carbonyl (C=O) groups is 2. The highest BCUT2D eigenvalue weighted by Gasteiger charge is 2.64. The maximum atomic E-state index is 13.3. The number of benzene rings is 2. The molecule has 0 aliphatic carbocycles. The third-order valence-electron chi connectivity index (χ3n) is 9.75. The van der Waals surface area contributed by atoms with Crippen molar-refractivity contribution in [1.29, 1.82) is 0 Å². The van der Waals surface area contributed by atoms with Gasteiger partial charge in [-0.05, 0) is 70.7 Å². The van der Waals surface area contributed by atoms with Crippen molar-refractivity contribution in [3.8, 4) is 0 Å². The number of nitrogens with one attached hydrogen (secondary N) is 1. The number of aliphatic carboxylic acids is 2. The number of hydrogen-bond donors (Lipinski definition) is 3. The Morgan fingerprint density at radius 3 is 2.17 bits per heavy atom. The van der Waals surface area contributed by atoms with Crippen LogP contribution in [0.4, 0.5) is 11.4 Å². The second-order valence-corrected chi connectivity index (χ2v) is 12.0. The molecule has 2 aliphatic heterocycles. The van der Waals surface area contributed by atoms with Crippen LogP contribution in [0.1, 0.15) is 56.2 Å². The highest BCUT2D eigenvalue weighted by atomic mass is 16.6. The molecule has 41 heavy (non-hydrogen) atoms. The third-order valence-corrected chi connectivity index (χ3v) is 9.75. The first-order valence-corrected chi connectivity index (χ1v) is 14.3. The van der Waals surface area contributed by atoms with Gasteiger partial charge < -0.3 is 20.4 Å². The lowest BCUT2D eigenvalue weighted by Gasteiger charge is -2.56. The maximum absolute atomic E-state index is 13.3. The third kappa shape index (κ3) is 5.42. The van der Waals surface area contributed by atoms with Gasteiger partial charge in [0, 0.05) is 62.0 Å². The van der Waals surface area contributed by atoms with Crippen molar-refractivity contribution in [1.82, 2.24) is 10.2 Å². The van der Waals surface area contributed by atoms with Crippen LogP contribution >= 0.6 is 0 Å². The number of nitrogens with zero attached hydrogens (tertiary/aromatic N) is 3. The molecule has 2 saturated heterocycles. The van der Waals surface area contributed by atoms with E-state index in [0.717, 1.165) is 26.2 Å². The summed E-state index contributed by atoms with van der Waals surface area (Å²) in [7, 11) is 0. The van der Waals surface area contributed by atoms with Crippen LogP contribution < -0.4 is 10.2 Å². The van der Waals surface area contributed by atoms with Gasteiger partial charge in [0.1, 0.15) is 0 Å². The average molecular weight is 567 g/mol. The summed E-state index contributed by atoms with van der Waals surface area (Å²) < 4.78 is 0. The number of hydrogen-bond acceptors (Lipinski definition) is 7. The molecule has 2 aromatic carbocycles. The van der Waals surface area contributed by atoms with Crippen molar-refractivity contribution < 1.29 is 24.7 Å². The number of piperidine rings is 1. The van der Waals surface area contributed by atoms with E-state index in [2.05, 4.69) is 47.2 Å². The molecule has 5 unspecified atom stereocenters. The van der Waals surface area contributed by atoms with E-state index in [0.29, 0.717) is 18.5 Å². The van der Waals surface area contributed by atoms with Crippen molar-refractivity contribution in [2.24, 2.45) is 10.8 Å². The minimum Gasteiger partial charge on any atom is -0.481 e. The van der Waals surface area contributed by atoms with E-state index in [-0.39, 0.29) is 12.1 Å². The van der Waals surface area contributed by atoms with Crippen molar-refractivity contribution in [3.63, 3.8) is 0 Å². The van der Waals surface area contributed by atoms with E-state index in [1.54, 1.807) is 26.8 Å². The highest BCUT2D eigenvalue weighted by molar-refractivity contribution is 5.84. The Kier molecular flexibility index (Phi) is 8.75. The molecular weight excluding hydrogens is 524 g/mol. The van der Waals surface area contributed by atoms with Crippen LogP contribution in [0.15, 0.2) is 42.5 Å². The Hall–Kier alpha value is -3.50. The topological polar surface area (TPSA) is 136 Å². The zero-order chi connectivity index (χ0) is 30.1. The van der Waals surface area contributed by atoms with Gasteiger partial charge in [-0.3, -0.25) is 24.6 Å². The monoisotopic (exact) mass is 566 g/mol. The summed E-state index contributed by atoms with van der Waals surface area (Å²) in [5.41, 5.74) is 0.962. The van der Waals surface area contributed by atoms with Gasteiger partial charge in [-0.2, -0.15) is 0 Å². The molecule has 0 radical (unpaired) electrons. The number of nitro groups is 1. The van der Waals surface area contributed by atoms with Crippen LogP contribution in [-0.2, 0) is 9.59 Å². The molecule has 0 spiro atoms. The molecule has 2 aromatic rings. The van der Waals surface area contributed by atoms with Crippen LogP contribution in [0.5, 0.6) is 0 Å². The Bertz CT molecular complexity index is 1290. The lowest BCUT2D eigenvalue weighted by atomic mass is 9.51. The maximum Gasteiger partial charge on any atom is 0.311 e. The van der Waals surface area contributed by atoms with E-state index in [4.69, 9.17) is 0 Å². The summed E-state index contributed by atoms with van der Waals surface area (Å²) in [6, 6.07) is 11.0. The molecule has 2 heterocycles. The SMILES string of the molecule is Cc1cccc(C)c1N1CCN(CCCC2(C(=O)O)C(C)NC(C)C(C)(C(=O)O)C2c2cccc([N+](=O)[O-])c2)CC1. The van der Waals surface area contributed by atoms with Crippen molar-refractivity contribution in [2.45, 2.75) is 65.5 Å². The van der Waals surface area contributed by atoms with Gasteiger partial charge in [0.2, 0.25) is 0 Å². The van der Waals surface area contributed by atoms with Crippen LogP contribution in [0.2, 0.25) is 0 Å². The number of non-ortho nitro benzene ring substituents is 1. The number of nitro benzene ring substituents is 1. The molecule has 3 N–H and O–H groups in total. The Balaban J connectivity index is 1.59. The second kappa shape index (κ2) is 11.8. The lowest BCUT2D eigenvalue weighted by molar-refractivity contribution is -0.385. The predicted octanol–water partition coefficient (Wildman–Crippen LogP) is 4.44. The minimum atomic E-state index is -1.52. The fourth-order valence-corrected chi connectivity index (χ4v) is 7.37. The zero-order valence-corrected chi connectivity index (χ0v) is 24.6. The fourth-order valence-electron chi connectivity index (χ4n) is 7.37. The summed E-state index contributed by atoms with van der Waals surface area (Å²) in [5, 5.41) is 36.2. The first kappa shape index (κ1) is 30.5. The van der Waals surface area contributed by atoms with Gasteiger partial charge >= 0.3 is 11.9 Å². The van der Waals surface area contributed by atoms with Gasteiger partial charge in [0.15, 0.2) is 0 Å². The number of aryl methyl sites for hydroxylation is 2. The van der Waals surface area contributed by atoms with E-state index in [9.17, 15) is 29.9 Å². The minimum absolute atomic E-state index is 0.185. The molecule has 0 aromatic heterocycles. The normalized spacial score (nSPS) is 28.8. The molecule has 5 atom stereocenters. The van der Waals surface area contributed by atoms with Crippen LogP contribution in [0.25, 0.3) is 0 Å². The van der Waals surface area contributed by atoms with Gasteiger partial charge in [0.25, 0.3) is 5.69 Å². The molecule has 10 nitrogen and oxygen atoms in total. The van der Waals surface area contributed by atoms with Gasteiger partial charge in [-0.25, -0.2) is 0 Å². The van der Waals surface area contributed by atoms with Gasteiger partial charge in [0.05, 0.1) is 15.8 Å². The predicted molar refractivity (Wildman–Crippen MR) is 158 cm³/mol. The Morgan fingerprint density at radius 2 is 1.61 bits per heavy atom. The van der Waals surface area contributed by atoms with Crippen molar-refractivity contribution in [3.05, 3.63) is 69.3 Å². The number of carboxylic acids is 2. The van der Waals surface area contributed by atoms with Gasteiger partial charge in [-0.15, -0.1) is 0 Å². The smallest absolute Gasteiger partial charge is 0.311 e. The first-order valence-electron chi connectivity index (χ1n) is 14.3. The Labute approximate surface area is 241 Å². The molecule has 0 amide bonds. The quantitative estimate of drug-likeness (QED) is 0.297. The average Bonchev–Trinajstić information content (AvgIpc) is 2.92. The first-order chi connectivity index (χ1) is 19.3. The summed E-state index contributed by atoms with van der Waals surface area (Å²) in [6.07, 6.45) is 0.785. The van der Waals surface area contributed by atoms with Crippen molar-refractivity contribution >= 4 is 23.3 Å². The van der Waals surface area contributed by atoms with E-state index >= 15 is 0 Å². The standard InChI is InChI=1S/C31H42N4O6/c1-20-9-6-10-21(2)26(20)34-17-15-33(16-18-34)14-8-13-31(29(38)39)23(4)32-22(3)30(5,28(36)37)27(31)24-11-7-12-25(19-24)35(40)41/h6-7,9-12,19,22-23,27,32H,8,13-18H2,1-5H3,(H,36,37)(H,38,39). The Morgan fingerprint density at radius 1 is 1.00 bits per heavy atom. The van der Waals surface area contributed by atoms with E-state index in [1.165, 1.54) is 35.0 Å². The zero-order valence-electron chi connectivity index (χ0n) is 24.6. The summed E-state index contributed by atoms with van der Waals surface area (Å²) in [5.74, 6) is -3.21. The lowest BCUT2D eigenvalue weighted by Crippen LogP contribution is -2.68. The number of rotatable bonds is 9. The molecule has 2 aliphatic rings. The largest absolute Gasteiger partial charge is 0.481 e. The fraction of sp³-hybridized carbons (Fsp3) is 0.548. The van der Waals surface area contributed by atoms with E-state index in [1.807, 2.05) is 0 Å². The number of para-hydroxylation sites is 1. The highest BCUT2D eigenvalue weighted by Crippen LogP contribution is 2.57. The molecule has 222 valence electrons. The molecule has 0 bridgehead atoms. The molecule has 10 heteroatoms. The van der Waals surface area contributed by atoms with Crippen LogP contribution in [-0.4, -0.2) is 76.8 Å². The molecular formula is C31H42N4O6. The molecule has 0 saturated carbocycles. The van der Waals surface area contributed by atoms with E-state index < -0.39 is 45.7 Å².